The lowest BCUT2D eigenvalue weighted by atomic mass is 10.0. The van der Waals surface area contributed by atoms with E-state index in [2.05, 4.69) is 14.8 Å². The van der Waals surface area contributed by atoms with Gasteiger partial charge in [-0.05, 0) is 17.7 Å². The Kier molecular flexibility index (Phi) is 3.40. The molecule has 0 aliphatic carbocycles. The molecule has 19 heavy (non-hydrogen) atoms. The topological polar surface area (TPSA) is 56.8 Å². The fourth-order valence-corrected chi connectivity index (χ4v) is 1.96. The summed E-state index contributed by atoms with van der Waals surface area (Å²) in [7, 11) is 0. The summed E-state index contributed by atoms with van der Waals surface area (Å²) >= 11 is 0. The third-order valence-corrected chi connectivity index (χ3v) is 2.76. The first-order chi connectivity index (χ1) is 8.53. The number of nitrogens with one attached hydrogen (secondary N) is 1. The Labute approximate surface area is 113 Å². The summed E-state index contributed by atoms with van der Waals surface area (Å²) in [5, 5.41) is 2.60. The number of rotatable bonds is 1. The highest BCUT2D eigenvalue weighted by atomic mass is 35.5. The predicted octanol–water partition coefficient (Wildman–Crippen LogP) is 2.60. The molecule has 2 aliphatic rings. The van der Waals surface area contributed by atoms with Gasteiger partial charge in [-0.1, -0.05) is 6.07 Å². The lowest BCUT2D eigenvalue weighted by Crippen LogP contribution is -2.35. The summed E-state index contributed by atoms with van der Waals surface area (Å²) in [6.45, 7) is 0.293. The molecule has 1 atom stereocenters. The summed E-state index contributed by atoms with van der Waals surface area (Å²) in [6.07, 6.45) is -3.57. The Hall–Kier alpha value is -1.76. The molecule has 1 amide bonds. The van der Waals surface area contributed by atoms with E-state index >= 15 is 0 Å². The quantitative estimate of drug-likeness (QED) is 0.865. The Morgan fingerprint density at radius 3 is 2.74 bits per heavy atom. The second-order valence-corrected chi connectivity index (χ2v) is 4.00. The van der Waals surface area contributed by atoms with Crippen molar-refractivity contribution in [3.63, 3.8) is 0 Å². The van der Waals surface area contributed by atoms with Gasteiger partial charge in [0.25, 0.3) is 0 Å². The maximum Gasteiger partial charge on any atom is 0.586 e. The van der Waals surface area contributed by atoms with Crippen LogP contribution in [0.4, 0.5) is 13.6 Å². The lowest BCUT2D eigenvalue weighted by Gasteiger charge is -2.23. The number of carbonyl (C=O) groups excluding carboxylic acids is 1. The number of cyclic esters (lactones) is 1. The molecule has 1 saturated heterocycles. The van der Waals surface area contributed by atoms with E-state index in [0.717, 1.165) is 0 Å². The molecule has 104 valence electrons. The van der Waals surface area contributed by atoms with E-state index in [0.29, 0.717) is 18.6 Å². The van der Waals surface area contributed by atoms with Crippen molar-refractivity contribution in [3.8, 4) is 11.5 Å². The standard InChI is InChI=1S/C11H9F2NO4.ClH/c12-11(13)17-8-2-1-6(5-9(8)18-11)7-3-4-16-10(15)14-7;/h1-2,5,7H,3-4H2,(H,14,15);1H/t7-;/m0./s1. The van der Waals surface area contributed by atoms with Crippen LogP contribution in [0.3, 0.4) is 0 Å². The monoisotopic (exact) mass is 293 g/mol. The van der Waals surface area contributed by atoms with Crippen LogP contribution in [-0.2, 0) is 4.74 Å². The second-order valence-electron chi connectivity index (χ2n) is 4.00. The van der Waals surface area contributed by atoms with Crippen molar-refractivity contribution in [3.05, 3.63) is 23.8 Å². The van der Waals surface area contributed by atoms with E-state index in [1.54, 1.807) is 6.07 Å². The molecular weight excluding hydrogens is 284 g/mol. The minimum atomic E-state index is -3.63. The van der Waals surface area contributed by atoms with Gasteiger partial charge in [-0.25, -0.2) is 4.79 Å². The molecule has 8 heteroatoms. The highest BCUT2D eigenvalue weighted by Gasteiger charge is 2.43. The van der Waals surface area contributed by atoms with Crippen LogP contribution in [0.25, 0.3) is 0 Å². The number of alkyl carbamates (subject to hydrolysis) is 1. The van der Waals surface area contributed by atoms with Crippen LogP contribution in [0.2, 0.25) is 0 Å². The summed E-state index contributed by atoms with van der Waals surface area (Å²) in [4.78, 5) is 11.1. The smallest absolute Gasteiger partial charge is 0.449 e. The Bertz CT molecular complexity index is 511. The predicted molar refractivity (Wildman–Crippen MR) is 61.7 cm³/mol. The van der Waals surface area contributed by atoms with Crippen LogP contribution < -0.4 is 14.8 Å². The van der Waals surface area contributed by atoms with Crippen molar-refractivity contribution >= 4 is 18.5 Å². The fraction of sp³-hybridized carbons (Fsp3) is 0.364. The van der Waals surface area contributed by atoms with Gasteiger partial charge in [0.1, 0.15) is 0 Å². The molecule has 0 radical (unpaired) electrons. The number of halogens is 3. The first-order valence-corrected chi connectivity index (χ1v) is 5.37. The molecule has 1 N–H and O–H groups in total. The number of carbonyl (C=O) groups is 1. The van der Waals surface area contributed by atoms with Crippen molar-refractivity contribution in [1.29, 1.82) is 0 Å². The maximum atomic E-state index is 12.8. The summed E-state index contributed by atoms with van der Waals surface area (Å²) in [5.41, 5.74) is 0.673. The van der Waals surface area contributed by atoms with Gasteiger partial charge >= 0.3 is 12.4 Å². The van der Waals surface area contributed by atoms with Crippen molar-refractivity contribution in [1.82, 2.24) is 5.32 Å². The van der Waals surface area contributed by atoms with E-state index in [9.17, 15) is 13.6 Å². The van der Waals surface area contributed by atoms with E-state index in [4.69, 9.17) is 4.74 Å². The van der Waals surface area contributed by atoms with Crippen molar-refractivity contribution in [2.45, 2.75) is 18.8 Å². The molecule has 0 bridgehead atoms. The van der Waals surface area contributed by atoms with Crippen LogP contribution in [0.5, 0.6) is 11.5 Å². The Balaban J connectivity index is 0.00000133. The van der Waals surface area contributed by atoms with Gasteiger partial charge < -0.3 is 19.5 Å². The van der Waals surface area contributed by atoms with E-state index in [-0.39, 0.29) is 29.9 Å². The van der Waals surface area contributed by atoms with Gasteiger partial charge in [0.2, 0.25) is 0 Å². The molecule has 1 fully saturated rings. The van der Waals surface area contributed by atoms with Gasteiger partial charge in [-0.2, -0.15) is 0 Å². The van der Waals surface area contributed by atoms with Crippen LogP contribution in [0.1, 0.15) is 18.0 Å². The third kappa shape index (κ3) is 2.65. The normalized spacial score (nSPS) is 23.1. The molecule has 1 aromatic carbocycles. The van der Waals surface area contributed by atoms with E-state index < -0.39 is 12.4 Å². The molecule has 0 spiro atoms. The van der Waals surface area contributed by atoms with Crippen molar-refractivity contribution < 1.29 is 27.8 Å². The van der Waals surface area contributed by atoms with Gasteiger partial charge in [0.15, 0.2) is 11.5 Å². The molecule has 3 rings (SSSR count). The van der Waals surface area contributed by atoms with Gasteiger partial charge in [-0.3, -0.25) is 0 Å². The maximum absolute atomic E-state index is 12.8. The average Bonchev–Trinajstić information content (AvgIpc) is 2.61. The Morgan fingerprint density at radius 1 is 1.26 bits per heavy atom. The first-order valence-electron chi connectivity index (χ1n) is 5.37. The SMILES string of the molecule is Cl.O=C1N[C@H](c2ccc3c(c2)OC(F)(F)O3)CCO1. The van der Waals surface area contributed by atoms with Gasteiger partial charge in [0, 0.05) is 6.42 Å². The number of benzene rings is 1. The number of amides is 1. The first kappa shape index (κ1) is 13.7. The number of ether oxygens (including phenoxy) is 3. The van der Waals surface area contributed by atoms with E-state index in [1.165, 1.54) is 12.1 Å². The molecule has 2 aliphatic heterocycles. The zero-order chi connectivity index (χ0) is 12.8. The minimum absolute atomic E-state index is 0. The Morgan fingerprint density at radius 2 is 2.00 bits per heavy atom. The molecule has 0 saturated carbocycles. The lowest BCUT2D eigenvalue weighted by molar-refractivity contribution is -0.286. The summed E-state index contributed by atoms with van der Waals surface area (Å²) in [6, 6.07) is 4.17. The van der Waals surface area contributed by atoms with Crippen molar-refractivity contribution in [2.75, 3.05) is 6.61 Å². The van der Waals surface area contributed by atoms with Crippen LogP contribution >= 0.6 is 12.4 Å². The molecule has 0 aromatic heterocycles. The molecular formula is C11H10ClF2NO4. The molecule has 0 unspecified atom stereocenters. The van der Waals surface area contributed by atoms with E-state index in [1.807, 2.05) is 0 Å². The molecule has 1 aromatic rings. The molecule has 5 nitrogen and oxygen atoms in total. The van der Waals surface area contributed by atoms with Gasteiger partial charge in [0.05, 0.1) is 12.6 Å². The van der Waals surface area contributed by atoms with Crippen molar-refractivity contribution in [2.24, 2.45) is 0 Å². The summed E-state index contributed by atoms with van der Waals surface area (Å²) in [5.74, 6) is -0.0413. The zero-order valence-electron chi connectivity index (χ0n) is 9.52. The van der Waals surface area contributed by atoms with Crippen LogP contribution in [-0.4, -0.2) is 19.0 Å². The third-order valence-electron chi connectivity index (χ3n) is 2.76. The van der Waals surface area contributed by atoms with Crippen LogP contribution in [0, 0.1) is 0 Å². The summed E-state index contributed by atoms with van der Waals surface area (Å²) < 4.78 is 39.1. The zero-order valence-corrected chi connectivity index (χ0v) is 10.3. The number of hydrogen-bond acceptors (Lipinski definition) is 4. The highest BCUT2D eigenvalue weighted by molar-refractivity contribution is 5.85. The fourth-order valence-electron chi connectivity index (χ4n) is 1.96. The van der Waals surface area contributed by atoms with Crippen LogP contribution in [0.15, 0.2) is 18.2 Å². The molecule has 2 heterocycles. The number of hydrogen-bond donors (Lipinski definition) is 1. The van der Waals surface area contributed by atoms with Gasteiger partial charge in [-0.15, -0.1) is 21.2 Å². The number of alkyl halides is 2. The number of fused-ring (bicyclic) bond motifs is 1. The largest absolute Gasteiger partial charge is 0.586 e. The average molecular weight is 294 g/mol. The second kappa shape index (κ2) is 4.73. The highest BCUT2D eigenvalue weighted by Crippen LogP contribution is 2.42. The minimum Gasteiger partial charge on any atom is -0.449 e.